The summed E-state index contributed by atoms with van der Waals surface area (Å²) in [5.41, 5.74) is 2.85. The van der Waals surface area contributed by atoms with Crippen LogP contribution in [0.1, 0.15) is 20.8 Å². The van der Waals surface area contributed by atoms with E-state index in [4.69, 9.17) is 4.74 Å². The topological polar surface area (TPSA) is 75.7 Å². The van der Waals surface area contributed by atoms with Gasteiger partial charge in [0.25, 0.3) is 15.9 Å². The average molecular weight is 429 g/mol. The predicted molar refractivity (Wildman–Crippen MR) is 115 cm³/mol. The van der Waals surface area contributed by atoms with Crippen LogP contribution < -0.4 is 14.4 Å². The summed E-state index contributed by atoms with van der Waals surface area (Å²) in [6.45, 7) is 2.31. The predicted octanol–water partition coefficient (Wildman–Crippen LogP) is 4.07. The highest BCUT2D eigenvalue weighted by Gasteiger charge is 2.27. The molecular weight excluding hydrogens is 408 g/mol. The Morgan fingerprint density at radius 2 is 2.00 bits per heavy atom. The van der Waals surface area contributed by atoms with Crippen molar-refractivity contribution in [1.29, 1.82) is 0 Å². The molecule has 8 heteroatoms. The normalized spacial score (nSPS) is 13.2. The maximum atomic E-state index is 12.8. The number of amides is 1. The van der Waals surface area contributed by atoms with E-state index in [0.717, 1.165) is 11.3 Å². The molecule has 1 aromatic heterocycles. The van der Waals surface area contributed by atoms with Crippen LogP contribution in [0.2, 0.25) is 0 Å². The Balaban J connectivity index is 1.58. The third kappa shape index (κ3) is 3.73. The number of thiophene rings is 1. The Labute approximate surface area is 173 Å². The van der Waals surface area contributed by atoms with Gasteiger partial charge in [-0.05, 0) is 72.3 Å². The first-order valence-electron chi connectivity index (χ1n) is 9.05. The molecule has 0 unspecified atom stereocenters. The Morgan fingerprint density at radius 3 is 2.69 bits per heavy atom. The summed E-state index contributed by atoms with van der Waals surface area (Å²) in [4.78, 5) is 15.3. The van der Waals surface area contributed by atoms with Gasteiger partial charge in [0.15, 0.2) is 0 Å². The molecule has 0 saturated heterocycles. The number of hydrogen-bond acceptors (Lipinski definition) is 5. The third-order valence-electron chi connectivity index (χ3n) is 4.88. The number of methoxy groups -OCH3 is 1. The molecule has 3 aromatic rings. The van der Waals surface area contributed by atoms with Crippen LogP contribution in [-0.2, 0) is 16.4 Å². The van der Waals surface area contributed by atoms with E-state index in [2.05, 4.69) is 4.72 Å². The standard InChI is InChI=1S/C21H20N2O4S2/c1-14-12-17(27-2)6-8-20(14)29(25,26)22-16-5-7-18-15(13-16)9-10-23(18)21(24)19-4-3-11-28-19/h3-8,11-13,22H,9-10H2,1-2H3. The van der Waals surface area contributed by atoms with Crippen molar-refractivity contribution in [2.24, 2.45) is 0 Å². The first kappa shape index (κ1) is 19.5. The van der Waals surface area contributed by atoms with Gasteiger partial charge in [-0.15, -0.1) is 11.3 Å². The number of anilines is 2. The molecule has 0 fully saturated rings. The van der Waals surface area contributed by atoms with Crippen LogP contribution in [0.25, 0.3) is 0 Å². The number of ether oxygens (including phenoxy) is 1. The first-order valence-corrected chi connectivity index (χ1v) is 11.4. The summed E-state index contributed by atoms with van der Waals surface area (Å²) in [6.07, 6.45) is 0.684. The molecule has 0 radical (unpaired) electrons. The molecule has 6 nitrogen and oxygen atoms in total. The summed E-state index contributed by atoms with van der Waals surface area (Å²) in [6, 6.07) is 13.8. The second kappa shape index (κ2) is 7.53. The van der Waals surface area contributed by atoms with Gasteiger partial charge in [-0.2, -0.15) is 0 Å². The van der Waals surface area contributed by atoms with E-state index in [1.54, 1.807) is 42.2 Å². The molecule has 0 atom stereocenters. The number of fused-ring (bicyclic) bond motifs is 1. The molecule has 0 aliphatic carbocycles. The number of sulfonamides is 1. The van der Waals surface area contributed by atoms with Gasteiger partial charge in [0.05, 0.1) is 16.9 Å². The van der Waals surface area contributed by atoms with Crippen LogP contribution in [0.3, 0.4) is 0 Å². The largest absolute Gasteiger partial charge is 0.497 e. The van der Waals surface area contributed by atoms with Gasteiger partial charge in [0.2, 0.25) is 0 Å². The van der Waals surface area contributed by atoms with Gasteiger partial charge >= 0.3 is 0 Å². The highest BCUT2D eigenvalue weighted by molar-refractivity contribution is 7.92. The lowest BCUT2D eigenvalue weighted by atomic mass is 10.1. The number of benzene rings is 2. The van der Waals surface area contributed by atoms with Gasteiger partial charge in [-0.3, -0.25) is 9.52 Å². The summed E-state index contributed by atoms with van der Waals surface area (Å²) >= 11 is 1.41. The van der Waals surface area contributed by atoms with Gasteiger partial charge in [0, 0.05) is 17.9 Å². The molecule has 2 aromatic carbocycles. The summed E-state index contributed by atoms with van der Waals surface area (Å²) in [7, 11) is -2.20. The van der Waals surface area contributed by atoms with E-state index in [1.807, 2.05) is 17.5 Å². The van der Waals surface area contributed by atoms with E-state index >= 15 is 0 Å². The van der Waals surface area contributed by atoms with Crippen LogP contribution >= 0.6 is 11.3 Å². The Morgan fingerprint density at radius 1 is 1.17 bits per heavy atom. The van der Waals surface area contributed by atoms with Gasteiger partial charge in [-0.1, -0.05) is 6.07 Å². The van der Waals surface area contributed by atoms with Crippen molar-refractivity contribution in [3.8, 4) is 5.75 Å². The maximum absolute atomic E-state index is 12.8. The van der Waals surface area contributed by atoms with Gasteiger partial charge in [0.1, 0.15) is 5.75 Å². The highest BCUT2D eigenvalue weighted by Crippen LogP contribution is 2.33. The van der Waals surface area contributed by atoms with Crippen molar-refractivity contribution in [2.45, 2.75) is 18.2 Å². The molecule has 2 heterocycles. The molecule has 1 N–H and O–H groups in total. The van der Waals surface area contributed by atoms with E-state index in [0.29, 0.717) is 34.8 Å². The lowest BCUT2D eigenvalue weighted by Crippen LogP contribution is -2.28. The smallest absolute Gasteiger partial charge is 0.268 e. The van der Waals surface area contributed by atoms with Crippen LogP contribution in [0, 0.1) is 6.92 Å². The lowest BCUT2D eigenvalue weighted by Gasteiger charge is -2.17. The number of nitrogens with one attached hydrogen (secondary N) is 1. The van der Waals surface area contributed by atoms with Crippen molar-refractivity contribution < 1.29 is 17.9 Å². The maximum Gasteiger partial charge on any atom is 0.268 e. The molecule has 1 aliphatic rings. The molecular formula is C21H20N2O4S2. The fraction of sp³-hybridized carbons (Fsp3) is 0.190. The summed E-state index contributed by atoms with van der Waals surface area (Å²) < 4.78 is 33.5. The minimum Gasteiger partial charge on any atom is -0.497 e. The number of rotatable bonds is 5. The van der Waals surface area contributed by atoms with E-state index in [1.165, 1.54) is 24.5 Å². The van der Waals surface area contributed by atoms with Crippen molar-refractivity contribution in [3.63, 3.8) is 0 Å². The minimum absolute atomic E-state index is 0.0269. The molecule has 0 bridgehead atoms. The fourth-order valence-corrected chi connectivity index (χ4v) is 5.42. The Hall–Kier alpha value is -2.84. The first-order chi connectivity index (χ1) is 13.9. The molecule has 4 rings (SSSR count). The third-order valence-corrected chi connectivity index (χ3v) is 7.28. The quantitative estimate of drug-likeness (QED) is 0.665. The summed E-state index contributed by atoms with van der Waals surface area (Å²) in [5.74, 6) is 0.579. The second-order valence-corrected chi connectivity index (χ2v) is 9.36. The van der Waals surface area contributed by atoms with Crippen molar-refractivity contribution in [2.75, 3.05) is 23.3 Å². The number of nitrogens with zero attached hydrogens (tertiary/aromatic N) is 1. The number of carbonyl (C=O) groups is 1. The molecule has 29 heavy (non-hydrogen) atoms. The molecule has 0 saturated carbocycles. The van der Waals surface area contributed by atoms with Gasteiger partial charge < -0.3 is 9.64 Å². The molecule has 1 amide bonds. The number of hydrogen-bond donors (Lipinski definition) is 1. The molecule has 1 aliphatic heterocycles. The zero-order chi connectivity index (χ0) is 20.6. The Kier molecular flexibility index (Phi) is 5.06. The molecule has 150 valence electrons. The highest BCUT2D eigenvalue weighted by atomic mass is 32.2. The second-order valence-electron chi connectivity index (χ2n) is 6.76. The zero-order valence-corrected chi connectivity index (χ0v) is 17.6. The van der Waals surface area contributed by atoms with Crippen molar-refractivity contribution in [1.82, 2.24) is 0 Å². The average Bonchev–Trinajstić information content (AvgIpc) is 3.36. The van der Waals surface area contributed by atoms with Gasteiger partial charge in [-0.25, -0.2) is 8.42 Å². The fourth-order valence-electron chi connectivity index (χ4n) is 3.47. The monoisotopic (exact) mass is 428 g/mol. The SMILES string of the molecule is COc1ccc(S(=O)(=O)Nc2ccc3c(c2)CCN3C(=O)c2cccs2)c(C)c1. The lowest BCUT2D eigenvalue weighted by molar-refractivity contribution is 0.0993. The van der Waals surface area contributed by atoms with Crippen molar-refractivity contribution in [3.05, 3.63) is 69.9 Å². The summed E-state index contributed by atoms with van der Waals surface area (Å²) in [5, 5.41) is 1.88. The molecule has 0 spiro atoms. The Bertz CT molecular complexity index is 1170. The van der Waals surface area contributed by atoms with Crippen LogP contribution in [0.15, 0.2) is 58.8 Å². The van der Waals surface area contributed by atoms with Crippen LogP contribution in [0.5, 0.6) is 5.75 Å². The van der Waals surface area contributed by atoms with Crippen molar-refractivity contribution >= 4 is 38.6 Å². The number of carbonyl (C=O) groups excluding carboxylic acids is 1. The van der Waals surface area contributed by atoms with Crippen LogP contribution in [-0.4, -0.2) is 28.0 Å². The van der Waals surface area contributed by atoms with E-state index < -0.39 is 10.0 Å². The number of aryl methyl sites for hydroxylation is 1. The van der Waals surface area contributed by atoms with E-state index in [-0.39, 0.29) is 10.8 Å². The zero-order valence-electron chi connectivity index (χ0n) is 16.0. The van der Waals surface area contributed by atoms with Crippen LogP contribution in [0.4, 0.5) is 11.4 Å². The van der Waals surface area contributed by atoms with E-state index in [9.17, 15) is 13.2 Å². The minimum atomic E-state index is -3.74.